The maximum Gasteiger partial charge on any atom is 0.237 e. The summed E-state index contributed by atoms with van der Waals surface area (Å²) < 4.78 is 21.5. The standard InChI is InChI=1S/C8H16N2O3S/c1-14(12,13)6-5-10-8(11)7-3-2-4-9-7/h7,9H,2-6H2,1H3,(H,10,11). The largest absolute Gasteiger partial charge is 0.354 e. The zero-order valence-electron chi connectivity index (χ0n) is 8.25. The van der Waals surface area contributed by atoms with Crippen LogP contribution in [-0.4, -0.2) is 45.5 Å². The molecule has 1 unspecified atom stereocenters. The normalized spacial score (nSPS) is 22.2. The Morgan fingerprint density at radius 1 is 1.57 bits per heavy atom. The lowest BCUT2D eigenvalue weighted by Gasteiger charge is -2.10. The molecule has 82 valence electrons. The Morgan fingerprint density at radius 2 is 2.29 bits per heavy atom. The molecule has 2 N–H and O–H groups in total. The second kappa shape index (κ2) is 4.75. The molecule has 1 fully saturated rings. The van der Waals surface area contributed by atoms with Crippen LogP contribution in [0.3, 0.4) is 0 Å². The average Bonchev–Trinajstić information content (AvgIpc) is 2.53. The van der Waals surface area contributed by atoms with Crippen molar-refractivity contribution in [2.45, 2.75) is 18.9 Å². The van der Waals surface area contributed by atoms with E-state index in [4.69, 9.17) is 0 Å². The molecule has 1 heterocycles. The Kier molecular flexibility index (Phi) is 3.88. The van der Waals surface area contributed by atoms with Crippen LogP contribution < -0.4 is 10.6 Å². The zero-order chi connectivity index (χ0) is 10.6. The summed E-state index contributed by atoms with van der Waals surface area (Å²) in [5.74, 6) is -0.0861. The Balaban J connectivity index is 2.21. The SMILES string of the molecule is CS(=O)(=O)CCNC(=O)C1CCCN1. The lowest BCUT2D eigenvalue weighted by molar-refractivity contribution is -0.122. The third-order valence-electron chi connectivity index (χ3n) is 2.15. The topological polar surface area (TPSA) is 75.3 Å². The van der Waals surface area contributed by atoms with E-state index in [-0.39, 0.29) is 24.2 Å². The van der Waals surface area contributed by atoms with Crippen LogP contribution in [0, 0.1) is 0 Å². The Morgan fingerprint density at radius 3 is 2.79 bits per heavy atom. The molecule has 14 heavy (non-hydrogen) atoms. The van der Waals surface area contributed by atoms with Crippen LogP contribution in [-0.2, 0) is 14.6 Å². The maximum absolute atomic E-state index is 11.4. The van der Waals surface area contributed by atoms with Crippen LogP contribution in [0.2, 0.25) is 0 Å². The maximum atomic E-state index is 11.4. The van der Waals surface area contributed by atoms with Gasteiger partial charge in [-0.05, 0) is 19.4 Å². The van der Waals surface area contributed by atoms with E-state index >= 15 is 0 Å². The first-order chi connectivity index (χ1) is 6.49. The van der Waals surface area contributed by atoms with Gasteiger partial charge in [-0.1, -0.05) is 0 Å². The van der Waals surface area contributed by atoms with Gasteiger partial charge in [-0.2, -0.15) is 0 Å². The number of carbonyl (C=O) groups is 1. The van der Waals surface area contributed by atoms with Gasteiger partial charge in [0.2, 0.25) is 5.91 Å². The van der Waals surface area contributed by atoms with Crippen molar-refractivity contribution in [1.29, 1.82) is 0 Å². The summed E-state index contributed by atoms with van der Waals surface area (Å²) in [4.78, 5) is 11.4. The average molecular weight is 220 g/mol. The van der Waals surface area contributed by atoms with Crippen molar-refractivity contribution >= 4 is 15.7 Å². The number of carbonyl (C=O) groups excluding carboxylic acids is 1. The highest BCUT2D eigenvalue weighted by Gasteiger charge is 2.21. The zero-order valence-corrected chi connectivity index (χ0v) is 9.06. The molecule has 0 aliphatic carbocycles. The minimum atomic E-state index is -2.98. The first-order valence-electron chi connectivity index (χ1n) is 4.68. The van der Waals surface area contributed by atoms with E-state index < -0.39 is 9.84 Å². The van der Waals surface area contributed by atoms with Crippen LogP contribution in [0.4, 0.5) is 0 Å². The number of hydrogen-bond donors (Lipinski definition) is 2. The second-order valence-electron chi connectivity index (χ2n) is 3.57. The van der Waals surface area contributed by atoms with E-state index in [1.807, 2.05) is 0 Å². The highest BCUT2D eigenvalue weighted by Crippen LogP contribution is 2.04. The van der Waals surface area contributed by atoms with Crippen LogP contribution in [0.15, 0.2) is 0 Å². The van der Waals surface area contributed by atoms with E-state index in [0.29, 0.717) is 0 Å². The lowest BCUT2D eigenvalue weighted by atomic mass is 10.2. The fourth-order valence-corrected chi connectivity index (χ4v) is 1.86. The predicted octanol–water partition coefficient (Wildman–Crippen LogP) is -1.10. The van der Waals surface area contributed by atoms with E-state index in [1.165, 1.54) is 0 Å². The first kappa shape index (κ1) is 11.5. The molecular weight excluding hydrogens is 204 g/mol. The molecule has 0 aromatic heterocycles. The summed E-state index contributed by atoms with van der Waals surface area (Å²) in [6.07, 6.45) is 3.00. The van der Waals surface area contributed by atoms with Gasteiger partial charge in [0.1, 0.15) is 9.84 Å². The molecule has 1 rings (SSSR count). The molecule has 0 spiro atoms. The number of nitrogens with one attached hydrogen (secondary N) is 2. The van der Waals surface area contributed by atoms with Crippen molar-refractivity contribution in [2.24, 2.45) is 0 Å². The number of amides is 1. The predicted molar refractivity (Wildman–Crippen MR) is 53.7 cm³/mol. The Hall–Kier alpha value is -0.620. The summed E-state index contributed by atoms with van der Waals surface area (Å²) in [7, 11) is -2.98. The fraction of sp³-hybridized carbons (Fsp3) is 0.875. The van der Waals surface area contributed by atoms with Crippen molar-refractivity contribution in [1.82, 2.24) is 10.6 Å². The summed E-state index contributed by atoms with van der Waals surface area (Å²) >= 11 is 0. The molecule has 0 saturated carbocycles. The van der Waals surface area contributed by atoms with Crippen molar-refractivity contribution in [2.75, 3.05) is 25.1 Å². The molecule has 1 atom stereocenters. The van der Waals surface area contributed by atoms with Gasteiger partial charge in [-0.25, -0.2) is 8.42 Å². The summed E-state index contributed by atoms with van der Waals surface area (Å²) in [5.41, 5.74) is 0. The second-order valence-corrected chi connectivity index (χ2v) is 5.83. The lowest BCUT2D eigenvalue weighted by Crippen LogP contribution is -2.41. The van der Waals surface area contributed by atoms with Crippen molar-refractivity contribution in [3.63, 3.8) is 0 Å². The van der Waals surface area contributed by atoms with Crippen molar-refractivity contribution < 1.29 is 13.2 Å². The highest BCUT2D eigenvalue weighted by atomic mass is 32.2. The fourth-order valence-electron chi connectivity index (χ4n) is 1.39. The summed E-state index contributed by atoms with van der Waals surface area (Å²) in [6, 6.07) is -0.130. The van der Waals surface area contributed by atoms with Gasteiger partial charge in [0.25, 0.3) is 0 Å². The summed E-state index contributed by atoms with van der Waals surface area (Å²) in [5, 5.41) is 5.64. The van der Waals surface area contributed by atoms with E-state index in [2.05, 4.69) is 10.6 Å². The number of hydrogen-bond acceptors (Lipinski definition) is 4. The smallest absolute Gasteiger partial charge is 0.237 e. The minimum Gasteiger partial charge on any atom is -0.354 e. The Labute approximate surface area is 84.2 Å². The third-order valence-corrected chi connectivity index (χ3v) is 3.09. The molecule has 1 amide bonds. The van der Waals surface area contributed by atoms with Gasteiger partial charge >= 0.3 is 0 Å². The van der Waals surface area contributed by atoms with Gasteiger partial charge < -0.3 is 10.6 Å². The van der Waals surface area contributed by atoms with Crippen LogP contribution in [0.25, 0.3) is 0 Å². The monoisotopic (exact) mass is 220 g/mol. The van der Waals surface area contributed by atoms with Crippen LogP contribution >= 0.6 is 0 Å². The first-order valence-corrected chi connectivity index (χ1v) is 6.74. The van der Waals surface area contributed by atoms with E-state index in [1.54, 1.807) is 0 Å². The highest BCUT2D eigenvalue weighted by molar-refractivity contribution is 7.90. The van der Waals surface area contributed by atoms with Crippen molar-refractivity contribution in [3.8, 4) is 0 Å². The van der Waals surface area contributed by atoms with E-state index in [0.717, 1.165) is 25.6 Å². The summed E-state index contributed by atoms with van der Waals surface area (Å²) in [6.45, 7) is 1.07. The molecule has 1 aliphatic heterocycles. The molecule has 0 aromatic carbocycles. The third kappa shape index (κ3) is 4.06. The number of sulfone groups is 1. The van der Waals surface area contributed by atoms with Gasteiger partial charge in [0, 0.05) is 12.8 Å². The van der Waals surface area contributed by atoms with Crippen molar-refractivity contribution in [3.05, 3.63) is 0 Å². The number of rotatable bonds is 4. The molecule has 0 aromatic rings. The quantitative estimate of drug-likeness (QED) is 0.630. The van der Waals surface area contributed by atoms with Gasteiger partial charge in [-0.15, -0.1) is 0 Å². The molecule has 1 aliphatic rings. The Bertz CT molecular complexity index is 294. The molecule has 0 bridgehead atoms. The molecule has 6 heteroatoms. The van der Waals surface area contributed by atoms with Gasteiger partial charge in [0.15, 0.2) is 0 Å². The van der Waals surface area contributed by atoms with E-state index in [9.17, 15) is 13.2 Å². The molecular formula is C8H16N2O3S. The molecule has 1 saturated heterocycles. The van der Waals surface area contributed by atoms with Crippen LogP contribution in [0.1, 0.15) is 12.8 Å². The van der Waals surface area contributed by atoms with Gasteiger partial charge in [0.05, 0.1) is 11.8 Å². The molecule has 5 nitrogen and oxygen atoms in total. The van der Waals surface area contributed by atoms with Crippen LogP contribution in [0.5, 0.6) is 0 Å². The van der Waals surface area contributed by atoms with Gasteiger partial charge in [-0.3, -0.25) is 4.79 Å². The molecule has 0 radical (unpaired) electrons. The minimum absolute atomic E-state index is 0.00542.